The zero-order chi connectivity index (χ0) is 19.3. The van der Waals surface area contributed by atoms with Crippen molar-refractivity contribution in [3.8, 4) is 5.75 Å². The number of benzene rings is 2. The van der Waals surface area contributed by atoms with Gasteiger partial charge < -0.3 is 24.6 Å². The van der Waals surface area contributed by atoms with Crippen molar-refractivity contribution < 1.29 is 18.7 Å². The molecule has 4 aliphatic heterocycles. The van der Waals surface area contributed by atoms with E-state index < -0.39 is 0 Å². The van der Waals surface area contributed by atoms with Gasteiger partial charge in [-0.25, -0.2) is 4.39 Å². The lowest BCUT2D eigenvalue weighted by Crippen LogP contribution is -2.54. The molecule has 0 saturated carbocycles. The average molecular weight is 383 g/mol. The Bertz CT molecular complexity index is 927. The molecular weight excluding hydrogens is 361 g/mol. The summed E-state index contributed by atoms with van der Waals surface area (Å²) in [4.78, 5) is 15.4. The second-order valence-electron chi connectivity index (χ2n) is 7.55. The molecule has 2 unspecified atom stereocenters. The van der Waals surface area contributed by atoms with Gasteiger partial charge in [0.15, 0.2) is 6.61 Å². The molecule has 3 fully saturated rings. The van der Waals surface area contributed by atoms with E-state index in [1.165, 1.54) is 6.07 Å². The number of nitrogens with zero attached hydrogens (tertiary/aromatic N) is 2. The third-order valence-corrected chi connectivity index (χ3v) is 5.78. The molecule has 2 aromatic carbocycles. The number of rotatable bonds is 3. The Morgan fingerprint density at radius 2 is 1.89 bits per heavy atom. The van der Waals surface area contributed by atoms with Gasteiger partial charge in [-0.2, -0.15) is 0 Å². The number of hydrogen-bond acceptors (Lipinski definition) is 5. The number of fused-ring (bicyclic) bond motifs is 4. The first-order valence-electron chi connectivity index (χ1n) is 9.57. The van der Waals surface area contributed by atoms with E-state index in [2.05, 4.69) is 10.2 Å². The predicted octanol–water partition coefficient (Wildman–Crippen LogP) is 3.29. The molecule has 1 amide bonds. The van der Waals surface area contributed by atoms with Crippen molar-refractivity contribution in [2.75, 3.05) is 41.9 Å². The van der Waals surface area contributed by atoms with Crippen LogP contribution < -0.4 is 19.9 Å². The number of piperidine rings is 1. The minimum atomic E-state index is -0.239. The second-order valence-corrected chi connectivity index (χ2v) is 7.55. The lowest BCUT2D eigenvalue weighted by atomic mass is 9.96. The van der Waals surface area contributed by atoms with Gasteiger partial charge >= 0.3 is 0 Å². The average Bonchev–Trinajstić information content (AvgIpc) is 2.72. The highest BCUT2D eigenvalue weighted by Gasteiger charge is 2.35. The number of carbonyl (C=O) groups excluding carboxylic acids is 1. The van der Waals surface area contributed by atoms with Crippen LogP contribution >= 0.6 is 0 Å². The van der Waals surface area contributed by atoms with Crippen LogP contribution in [0.2, 0.25) is 0 Å². The lowest BCUT2D eigenvalue weighted by molar-refractivity contribution is -0.120. The number of carbonyl (C=O) groups is 1. The van der Waals surface area contributed by atoms with E-state index in [4.69, 9.17) is 9.47 Å². The Hall–Kier alpha value is -2.80. The number of anilines is 4. The van der Waals surface area contributed by atoms with Gasteiger partial charge in [-0.15, -0.1) is 0 Å². The SMILES string of the molecule is CN1C(=O)COc2cc(Nc3ccc(N4CC5CCC4CO5)c(F)c3)ccc21. The Labute approximate surface area is 162 Å². The van der Waals surface area contributed by atoms with E-state index in [1.54, 1.807) is 11.9 Å². The molecule has 6 nitrogen and oxygen atoms in total. The molecule has 4 aliphatic rings. The molecule has 2 aromatic rings. The summed E-state index contributed by atoms with van der Waals surface area (Å²) in [5, 5.41) is 3.22. The fourth-order valence-electron chi connectivity index (χ4n) is 4.18. The van der Waals surface area contributed by atoms with Crippen molar-refractivity contribution in [3.63, 3.8) is 0 Å². The summed E-state index contributed by atoms with van der Waals surface area (Å²) >= 11 is 0. The Morgan fingerprint density at radius 1 is 1.11 bits per heavy atom. The Morgan fingerprint density at radius 3 is 2.57 bits per heavy atom. The standard InChI is InChI=1S/C21H22FN3O3/c1-24-19-7-3-14(9-20(19)28-12-21(24)26)23-13-2-6-18(17(22)8-13)25-10-16-5-4-15(25)11-27-16/h2-3,6-9,15-16,23H,4-5,10-12H2,1H3. The van der Waals surface area contributed by atoms with E-state index in [-0.39, 0.29) is 30.5 Å². The molecule has 6 rings (SSSR count). The van der Waals surface area contributed by atoms with Crippen LogP contribution in [0.4, 0.5) is 27.1 Å². The van der Waals surface area contributed by atoms with Gasteiger partial charge in [0.25, 0.3) is 5.91 Å². The summed E-state index contributed by atoms with van der Waals surface area (Å²) < 4.78 is 26.1. The largest absolute Gasteiger partial charge is 0.481 e. The van der Waals surface area contributed by atoms with Gasteiger partial charge in [-0.3, -0.25) is 4.79 Å². The van der Waals surface area contributed by atoms with Crippen LogP contribution in [-0.4, -0.2) is 44.9 Å². The molecule has 0 aromatic heterocycles. The maximum Gasteiger partial charge on any atom is 0.264 e. The van der Waals surface area contributed by atoms with E-state index >= 15 is 0 Å². The number of ether oxygens (including phenoxy) is 2. The molecule has 2 bridgehead atoms. The third kappa shape index (κ3) is 2.96. The van der Waals surface area contributed by atoms with E-state index in [1.807, 2.05) is 30.3 Å². The van der Waals surface area contributed by atoms with Gasteiger partial charge in [0.1, 0.15) is 11.6 Å². The quantitative estimate of drug-likeness (QED) is 0.882. The monoisotopic (exact) mass is 383 g/mol. The van der Waals surface area contributed by atoms with Gasteiger partial charge in [-0.05, 0) is 43.2 Å². The van der Waals surface area contributed by atoms with Crippen molar-refractivity contribution in [3.05, 3.63) is 42.2 Å². The summed E-state index contributed by atoms with van der Waals surface area (Å²) in [5.41, 5.74) is 2.81. The number of halogens is 1. The number of morpholine rings is 1. The van der Waals surface area contributed by atoms with Crippen LogP contribution in [0.25, 0.3) is 0 Å². The maximum atomic E-state index is 14.8. The van der Waals surface area contributed by atoms with Crippen LogP contribution in [0.5, 0.6) is 5.75 Å². The summed E-state index contributed by atoms with van der Waals surface area (Å²) in [6, 6.07) is 11.0. The van der Waals surface area contributed by atoms with E-state index in [0.29, 0.717) is 23.7 Å². The van der Waals surface area contributed by atoms with Crippen molar-refractivity contribution in [2.24, 2.45) is 0 Å². The van der Waals surface area contributed by atoms with Crippen LogP contribution in [-0.2, 0) is 9.53 Å². The molecule has 0 aliphatic carbocycles. The molecule has 7 heteroatoms. The van der Waals surface area contributed by atoms with Crippen molar-refractivity contribution in [1.29, 1.82) is 0 Å². The van der Waals surface area contributed by atoms with Gasteiger partial charge in [-0.1, -0.05) is 0 Å². The zero-order valence-corrected chi connectivity index (χ0v) is 15.7. The van der Waals surface area contributed by atoms with Crippen LogP contribution in [0, 0.1) is 5.82 Å². The first kappa shape index (κ1) is 17.3. The molecule has 0 radical (unpaired) electrons. The molecule has 2 atom stereocenters. The normalized spacial score (nSPS) is 23.4. The van der Waals surface area contributed by atoms with Crippen LogP contribution in [0.1, 0.15) is 12.8 Å². The highest BCUT2D eigenvalue weighted by Crippen LogP contribution is 2.36. The highest BCUT2D eigenvalue weighted by atomic mass is 19.1. The molecule has 1 N–H and O–H groups in total. The van der Waals surface area contributed by atoms with Crippen molar-refractivity contribution >= 4 is 28.7 Å². The summed E-state index contributed by atoms with van der Waals surface area (Å²) in [6.07, 6.45) is 2.32. The lowest BCUT2D eigenvalue weighted by Gasteiger charge is -2.46. The molecule has 146 valence electrons. The summed E-state index contributed by atoms with van der Waals surface area (Å²) in [5.74, 6) is 0.313. The first-order valence-corrected chi connectivity index (χ1v) is 9.57. The number of nitrogens with one attached hydrogen (secondary N) is 1. The summed E-state index contributed by atoms with van der Waals surface area (Å²) in [7, 11) is 1.73. The highest BCUT2D eigenvalue weighted by molar-refractivity contribution is 5.97. The number of amides is 1. The van der Waals surface area contributed by atoms with Crippen molar-refractivity contribution in [1.82, 2.24) is 0 Å². The minimum Gasteiger partial charge on any atom is -0.481 e. The van der Waals surface area contributed by atoms with Gasteiger partial charge in [0, 0.05) is 31.0 Å². The van der Waals surface area contributed by atoms with Crippen LogP contribution in [0.3, 0.4) is 0 Å². The van der Waals surface area contributed by atoms with Crippen molar-refractivity contribution in [2.45, 2.75) is 25.0 Å². The smallest absolute Gasteiger partial charge is 0.264 e. The van der Waals surface area contributed by atoms with E-state index in [0.717, 1.165) is 30.8 Å². The minimum absolute atomic E-state index is 0.0258. The predicted molar refractivity (Wildman–Crippen MR) is 105 cm³/mol. The molecule has 28 heavy (non-hydrogen) atoms. The first-order chi connectivity index (χ1) is 13.6. The molecule has 4 heterocycles. The van der Waals surface area contributed by atoms with Gasteiger partial charge in [0.2, 0.25) is 0 Å². The topological polar surface area (TPSA) is 54.0 Å². The fourth-order valence-corrected chi connectivity index (χ4v) is 4.18. The van der Waals surface area contributed by atoms with Gasteiger partial charge in [0.05, 0.1) is 30.1 Å². The maximum absolute atomic E-state index is 14.8. The van der Waals surface area contributed by atoms with Crippen LogP contribution in [0.15, 0.2) is 36.4 Å². The second kappa shape index (κ2) is 6.67. The fraction of sp³-hybridized carbons (Fsp3) is 0.381. The number of likely N-dealkylation sites (N-methyl/N-ethyl adjacent to an activating group) is 1. The van der Waals surface area contributed by atoms with E-state index in [9.17, 15) is 9.18 Å². The zero-order valence-electron chi connectivity index (χ0n) is 15.7. The molecule has 3 saturated heterocycles. The Kier molecular flexibility index (Phi) is 4.12. The molecule has 0 spiro atoms. The molecular formula is C21H22FN3O3. The summed E-state index contributed by atoms with van der Waals surface area (Å²) in [6.45, 7) is 1.46. The Balaban J connectivity index is 1.35. The number of hydrogen-bond donors (Lipinski definition) is 1. The third-order valence-electron chi connectivity index (χ3n) is 5.78.